The van der Waals surface area contributed by atoms with Gasteiger partial charge in [0.05, 0.1) is 0 Å². The molecule has 4 heteroatoms. The summed E-state index contributed by atoms with van der Waals surface area (Å²) in [6, 6.07) is 0. The summed E-state index contributed by atoms with van der Waals surface area (Å²) in [5.41, 5.74) is 10.1. The Morgan fingerprint density at radius 2 is 1.83 bits per heavy atom. The second-order valence-electron chi connectivity index (χ2n) is 2.11. The van der Waals surface area contributed by atoms with Crippen molar-refractivity contribution in [2.75, 3.05) is 6.54 Å². The first-order valence-corrected chi connectivity index (χ1v) is 4.17. The van der Waals surface area contributed by atoms with Gasteiger partial charge in [0.25, 0.3) is 0 Å². The van der Waals surface area contributed by atoms with Gasteiger partial charge < -0.3 is 16.3 Å². The third-order valence-corrected chi connectivity index (χ3v) is 0.981. The minimum atomic E-state index is 0.0866. The van der Waals surface area contributed by atoms with Crippen LogP contribution in [0.1, 0.15) is 33.6 Å². The molecule has 0 unspecified atom stereocenters. The van der Waals surface area contributed by atoms with Crippen molar-refractivity contribution in [2.45, 2.75) is 33.6 Å². The number of hydrogen-bond donors (Lipinski definition) is 2. The van der Waals surface area contributed by atoms with Crippen molar-refractivity contribution in [3.63, 3.8) is 0 Å². The fraction of sp³-hybridized carbons (Fsp3) is 0.750. The van der Waals surface area contributed by atoms with Crippen molar-refractivity contribution < 1.29 is 4.79 Å². The topological polar surface area (TPSA) is 81.5 Å². The molecule has 0 amide bonds. The number of nitrogens with zero attached hydrogens (tertiary/aromatic N) is 1. The van der Waals surface area contributed by atoms with Crippen LogP contribution in [-0.2, 0) is 4.79 Å². The van der Waals surface area contributed by atoms with Crippen molar-refractivity contribution in [2.24, 2.45) is 16.5 Å². The number of guanidine groups is 1. The number of hydrogen-bond acceptors (Lipinski definition) is 2. The normalized spacial score (nSPS) is 7.92. The van der Waals surface area contributed by atoms with Crippen LogP contribution in [0.25, 0.3) is 0 Å². The summed E-state index contributed by atoms with van der Waals surface area (Å²) in [6.07, 6.45) is 1.28. The highest BCUT2D eigenvalue weighted by Gasteiger charge is 1.90. The SMILES string of the molecule is CC.CC(=O)CCCN=C(N)N. The summed E-state index contributed by atoms with van der Waals surface area (Å²) in [7, 11) is 0. The van der Waals surface area contributed by atoms with E-state index in [-0.39, 0.29) is 11.7 Å². The zero-order chi connectivity index (χ0) is 9.98. The van der Waals surface area contributed by atoms with E-state index < -0.39 is 0 Å². The van der Waals surface area contributed by atoms with Crippen molar-refractivity contribution in [3.05, 3.63) is 0 Å². The van der Waals surface area contributed by atoms with Gasteiger partial charge in [-0.3, -0.25) is 4.99 Å². The van der Waals surface area contributed by atoms with Crippen LogP contribution in [-0.4, -0.2) is 18.3 Å². The first-order valence-electron chi connectivity index (χ1n) is 4.17. The van der Waals surface area contributed by atoms with E-state index in [0.29, 0.717) is 13.0 Å². The molecule has 4 N–H and O–H groups in total. The zero-order valence-corrected chi connectivity index (χ0v) is 8.13. The van der Waals surface area contributed by atoms with Gasteiger partial charge in [-0.25, -0.2) is 0 Å². The molecule has 0 aliphatic rings. The second kappa shape index (κ2) is 9.94. The fourth-order valence-corrected chi connectivity index (χ4v) is 0.536. The van der Waals surface area contributed by atoms with E-state index in [1.54, 1.807) is 6.92 Å². The summed E-state index contributed by atoms with van der Waals surface area (Å²) in [4.78, 5) is 14.1. The molecule has 0 rings (SSSR count). The van der Waals surface area contributed by atoms with Gasteiger partial charge in [0.2, 0.25) is 0 Å². The Bertz CT molecular complexity index is 139. The Morgan fingerprint density at radius 1 is 1.33 bits per heavy atom. The molecule has 0 fully saturated rings. The molecule has 0 aliphatic carbocycles. The van der Waals surface area contributed by atoms with Crippen molar-refractivity contribution in [3.8, 4) is 0 Å². The van der Waals surface area contributed by atoms with E-state index >= 15 is 0 Å². The van der Waals surface area contributed by atoms with Crippen molar-refractivity contribution >= 4 is 11.7 Å². The quantitative estimate of drug-likeness (QED) is 0.372. The number of Topliss-reactive ketones (excluding diaryl/α,β-unsaturated/α-hetero) is 1. The van der Waals surface area contributed by atoms with Crippen LogP contribution in [0.5, 0.6) is 0 Å². The summed E-state index contributed by atoms with van der Waals surface area (Å²) >= 11 is 0. The largest absolute Gasteiger partial charge is 0.370 e. The minimum absolute atomic E-state index is 0.0866. The molecule has 0 heterocycles. The van der Waals surface area contributed by atoms with E-state index in [0.717, 1.165) is 6.42 Å². The lowest BCUT2D eigenvalue weighted by Crippen LogP contribution is -2.23. The summed E-state index contributed by atoms with van der Waals surface area (Å²) in [6.45, 7) is 6.09. The van der Waals surface area contributed by atoms with Crippen LogP contribution in [0.2, 0.25) is 0 Å². The van der Waals surface area contributed by atoms with Gasteiger partial charge in [0.15, 0.2) is 5.96 Å². The van der Waals surface area contributed by atoms with Crippen molar-refractivity contribution in [1.29, 1.82) is 0 Å². The molecule has 0 aromatic carbocycles. The molecule has 72 valence electrons. The van der Waals surface area contributed by atoms with E-state index in [2.05, 4.69) is 4.99 Å². The van der Waals surface area contributed by atoms with Gasteiger partial charge in [-0.1, -0.05) is 13.8 Å². The molecule has 0 bridgehead atoms. The fourth-order valence-electron chi connectivity index (χ4n) is 0.536. The lowest BCUT2D eigenvalue weighted by Gasteiger charge is -1.92. The molecule has 0 saturated carbocycles. The van der Waals surface area contributed by atoms with Gasteiger partial charge in [-0.05, 0) is 13.3 Å². The van der Waals surface area contributed by atoms with E-state index in [4.69, 9.17) is 11.5 Å². The van der Waals surface area contributed by atoms with E-state index in [1.165, 1.54) is 0 Å². The molecule has 0 saturated heterocycles. The Hall–Kier alpha value is -1.06. The smallest absolute Gasteiger partial charge is 0.185 e. The third kappa shape index (κ3) is 16.0. The number of carbonyl (C=O) groups is 1. The first kappa shape index (κ1) is 13.5. The lowest BCUT2D eigenvalue weighted by atomic mass is 10.2. The first-order chi connectivity index (χ1) is 5.63. The van der Waals surface area contributed by atoms with Crippen LogP contribution in [0.4, 0.5) is 0 Å². The predicted molar refractivity (Wildman–Crippen MR) is 51.9 cm³/mol. The van der Waals surface area contributed by atoms with E-state index in [9.17, 15) is 4.79 Å². The maximum absolute atomic E-state index is 10.4. The Balaban J connectivity index is 0. The van der Waals surface area contributed by atoms with Crippen LogP contribution >= 0.6 is 0 Å². The molecule has 12 heavy (non-hydrogen) atoms. The molecule has 0 aromatic rings. The molecule has 4 nitrogen and oxygen atoms in total. The summed E-state index contributed by atoms with van der Waals surface area (Å²) in [5.74, 6) is 0.259. The molecule has 0 spiro atoms. The van der Waals surface area contributed by atoms with Gasteiger partial charge in [0.1, 0.15) is 5.78 Å². The minimum Gasteiger partial charge on any atom is -0.370 e. The highest BCUT2D eigenvalue weighted by Crippen LogP contribution is 1.89. The van der Waals surface area contributed by atoms with Crippen LogP contribution in [0, 0.1) is 0 Å². The van der Waals surface area contributed by atoms with Gasteiger partial charge in [0, 0.05) is 13.0 Å². The molecule has 0 atom stereocenters. The van der Waals surface area contributed by atoms with E-state index in [1.807, 2.05) is 13.8 Å². The average Bonchev–Trinajstić information content (AvgIpc) is 2.02. The maximum Gasteiger partial charge on any atom is 0.185 e. The third-order valence-electron chi connectivity index (χ3n) is 0.981. The summed E-state index contributed by atoms with van der Waals surface area (Å²) in [5, 5.41) is 0. The lowest BCUT2D eigenvalue weighted by molar-refractivity contribution is -0.117. The number of rotatable bonds is 4. The van der Waals surface area contributed by atoms with Gasteiger partial charge >= 0.3 is 0 Å². The number of carbonyl (C=O) groups excluding carboxylic acids is 1. The number of aliphatic imine (C=N–C) groups is 1. The van der Waals surface area contributed by atoms with Crippen LogP contribution in [0.3, 0.4) is 0 Å². The zero-order valence-electron chi connectivity index (χ0n) is 8.13. The number of ketones is 1. The highest BCUT2D eigenvalue weighted by atomic mass is 16.1. The summed E-state index contributed by atoms with van der Waals surface area (Å²) < 4.78 is 0. The van der Waals surface area contributed by atoms with Crippen LogP contribution < -0.4 is 11.5 Å². The number of nitrogens with two attached hydrogens (primary N) is 2. The molecule has 0 aliphatic heterocycles. The molecule has 0 radical (unpaired) electrons. The highest BCUT2D eigenvalue weighted by molar-refractivity contribution is 5.76. The van der Waals surface area contributed by atoms with Crippen molar-refractivity contribution in [1.82, 2.24) is 0 Å². The Labute approximate surface area is 74.0 Å². The Kier molecular flexibility index (Phi) is 11.2. The standard InChI is InChI=1S/C6H13N3O.C2H6/c1-5(10)3-2-4-9-6(7)8;1-2/h2-4H2,1H3,(H4,7,8,9);1-2H3. The predicted octanol–water partition coefficient (Wildman–Crippen LogP) is 0.655. The van der Waals surface area contributed by atoms with Gasteiger partial charge in [-0.15, -0.1) is 0 Å². The van der Waals surface area contributed by atoms with Gasteiger partial charge in [-0.2, -0.15) is 0 Å². The second-order valence-corrected chi connectivity index (χ2v) is 2.11. The monoisotopic (exact) mass is 173 g/mol. The van der Waals surface area contributed by atoms with Crippen LogP contribution in [0.15, 0.2) is 4.99 Å². The Morgan fingerprint density at radius 3 is 2.17 bits per heavy atom. The maximum atomic E-state index is 10.4. The average molecular weight is 173 g/mol. The molecular weight excluding hydrogens is 154 g/mol. The molecular formula is C8H19N3O. The molecule has 0 aromatic heterocycles.